The van der Waals surface area contributed by atoms with Crippen LogP contribution in [0.5, 0.6) is 0 Å². The highest BCUT2D eigenvalue weighted by molar-refractivity contribution is 5.32. The summed E-state index contributed by atoms with van der Waals surface area (Å²) < 4.78 is 0. The van der Waals surface area contributed by atoms with Crippen molar-refractivity contribution in [1.29, 1.82) is 0 Å². The summed E-state index contributed by atoms with van der Waals surface area (Å²) in [5.74, 6) is 0. The van der Waals surface area contributed by atoms with Crippen molar-refractivity contribution >= 4 is 0 Å². The highest BCUT2D eigenvalue weighted by atomic mass is 14.9. The van der Waals surface area contributed by atoms with Gasteiger partial charge in [0.1, 0.15) is 0 Å². The molecule has 0 aliphatic rings. The molecule has 0 saturated carbocycles. The van der Waals surface area contributed by atoms with E-state index in [-0.39, 0.29) is 0 Å². The van der Waals surface area contributed by atoms with Crippen molar-refractivity contribution in [2.45, 2.75) is 52.6 Å². The molecular formula is C20H27N. The first-order valence-corrected chi connectivity index (χ1v) is 7.97. The fraction of sp³-hybridized carbons (Fsp3) is 0.400. The quantitative estimate of drug-likeness (QED) is 0.787. The maximum atomic E-state index is 3.79. The molecule has 0 heterocycles. The van der Waals surface area contributed by atoms with Gasteiger partial charge in [0.2, 0.25) is 0 Å². The molecule has 0 spiro atoms. The van der Waals surface area contributed by atoms with E-state index in [1.807, 2.05) is 0 Å². The number of rotatable bonds is 6. The Labute approximate surface area is 129 Å². The first-order valence-electron chi connectivity index (χ1n) is 7.97. The maximum Gasteiger partial charge on any atom is 0.0297 e. The van der Waals surface area contributed by atoms with Crippen LogP contribution in [0, 0.1) is 13.8 Å². The van der Waals surface area contributed by atoms with Gasteiger partial charge in [0.25, 0.3) is 0 Å². The minimum Gasteiger partial charge on any atom is -0.307 e. The molecule has 1 N–H and O–H groups in total. The van der Waals surface area contributed by atoms with Crippen molar-refractivity contribution in [3.63, 3.8) is 0 Å². The van der Waals surface area contributed by atoms with Gasteiger partial charge >= 0.3 is 0 Å². The summed E-state index contributed by atoms with van der Waals surface area (Å²) in [6, 6.07) is 18.4. The second-order valence-corrected chi connectivity index (χ2v) is 6.04. The fourth-order valence-corrected chi connectivity index (χ4v) is 2.97. The summed E-state index contributed by atoms with van der Waals surface area (Å²) in [7, 11) is 0. The smallest absolute Gasteiger partial charge is 0.0297 e. The van der Waals surface area contributed by atoms with Gasteiger partial charge in [-0.05, 0) is 50.3 Å². The molecule has 0 aliphatic heterocycles. The zero-order valence-corrected chi connectivity index (χ0v) is 13.7. The molecular weight excluding hydrogens is 254 g/mol. The Balaban J connectivity index is 2.04. The lowest BCUT2D eigenvalue weighted by Crippen LogP contribution is -2.33. The fourth-order valence-electron chi connectivity index (χ4n) is 2.97. The van der Waals surface area contributed by atoms with Crippen LogP contribution in [0.15, 0.2) is 48.5 Å². The number of hydrogen-bond donors (Lipinski definition) is 1. The molecule has 2 unspecified atom stereocenters. The molecule has 0 bridgehead atoms. The zero-order valence-electron chi connectivity index (χ0n) is 13.7. The largest absolute Gasteiger partial charge is 0.307 e. The van der Waals surface area contributed by atoms with Crippen LogP contribution in [-0.2, 0) is 6.42 Å². The molecule has 0 saturated heterocycles. The van der Waals surface area contributed by atoms with Gasteiger partial charge in [-0.15, -0.1) is 0 Å². The van der Waals surface area contributed by atoms with Gasteiger partial charge in [-0.1, -0.05) is 61.0 Å². The maximum absolute atomic E-state index is 3.79. The molecule has 1 heteroatoms. The Hall–Kier alpha value is -1.60. The molecule has 1 nitrogen and oxygen atoms in total. The van der Waals surface area contributed by atoms with Gasteiger partial charge in [0.05, 0.1) is 0 Å². The average Bonchev–Trinajstić information content (AvgIpc) is 2.47. The first-order chi connectivity index (χ1) is 10.1. The Morgan fingerprint density at radius 2 is 1.71 bits per heavy atom. The molecule has 2 rings (SSSR count). The molecule has 112 valence electrons. The molecule has 0 fully saturated rings. The van der Waals surface area contributed by atoms with E-state index < -0.39 is 0 Å². The first kappa shape index (κ1) is 15.8. The summed E-state index contributed by atoms with van der Waals surface area (Å²) in [6.07, 6.45) is 2.23. The Morgan fingerprint density at radius 1 is 1.00 bits per heavy atom. The molecule has 2 aromatic rings. The molecule has 0 amide bonds. The van der Waals surface area contributed by atoms with E-state index in [2.05, 4.69) is 81.5 Å². The summed E-state index contributed by atoms with van der Waals surface area (Å²) in [5.41, 5.74) is 5.53. The van der Waals surface area contributed by atoms with Gasteiger partial charge in [-0.25, -0.2) is 0 Å². The van der Waals surface area contributed by atoms with Gasteiger partial charge in [0.15, 0.2) is 0 Å². The van der Waals surface area contributed by atoms with Crippen molar-refractivity contribution < 1.29 is 0 Å². The Kier molecular flexibility index (Phi) is 5.58. The van der Waals surface area contributed by atoms with Gasteiger partial charge < -0.3 is 5.32 Å². The number of benzene rings is 2. The monoisotopic (exact) mass is 281 g/mol. The molecule has 0 aliphatic carbocycles. The molecule has 0 aromatic heterocycles. The van der Waals surface area contributed by atoms with Crippen molar-refractivity contribution in [3.05, 3.63) is 70.8 Å². The van der Waals surface area contributed by atoms with Crippen LogP contribution in [0.1, 0.15) is 48.6 Å². The normalized spacial score (nSPS) is 13.9. The SMILES string of the molecule is CCC(Cc1ccccc1)NC(C)c1ccc(C)cc1C. The standard InChI is InChI=1S/C20H27N/c1-5-19(14-18-9-7-6-8-10-18)21-17(4)20-12-11-15(2)13-16(20)3/h6-13,17,19,21H,5,14H2,1-4H3. The van der Waals surface area contributed by atoms with Crippen molar-refractivity contribution in [2.24, 2.45) is 0 Å². The van der Waals surface area contributed by atoms with Gasteiger partial charge in [-0.3, -0.25) is 0 Å². The van der Waals surface area contributed by atoms with Crippen LogP contribution < -0.4 is 5.32 Å². The van der Waals surface area contributed by atoms with Gasteiger partial charge in [0, 0.05) is 12.1 Å². The lowest BCUT2D eigenvalue weighted by atomic mass is 9.97. The predicted molar refractivity (Wildman–Crippen MR) is 91.7 cm³/mol. The van der Waals surface area contributed by atoms with E-state index in [9.17, 15) is 0 Å². The number of aryl methyl sites for hydroxylation is 2. The van der Waals surface area contributed by atoms with E-state index in [1.54, 1.807) is 0 Å². The highest BCUT2D eigenvalue weighted by Crippen LogP contribution is 2.20. The lowest BCUT2D eigenvalue weighted by Gasteiger charge is -2.24. The van der Waals surface area contributed by atoms with Crippen molar-refractivity contribution in [2.75, 3.05) is 0 Å². The second kappa shape index (κ2) is 7.42. The third-order valence-electron chi connectivity index (χ3n) is 4.20. The van der Waals surface area contributed by atoms with E-state index in [1.165, 1.54) is 22.3 Å². The van der Waals surface area contributed by atoms with Crippen LogP contribution in [0.25, 0.3) is 0 Å². The molecule has 21 heavy (non-hydrogen) atoms. The summed E-state index contributed by atoms with van der Waals surface area (Å²) >= 11 is 0. The third-order valence-corrected chi connectivity index (χ3v) is 4.20. The van der Waals surface area contributed by atoms with Crippen LogP contribution in [-0.4, -0.2) is 6.04 Å². The number of hydrogen-bond acceptors (Lipinski definition) is 1. The van der Waals surface area contributed by atoms with Gasteiger partial charge in [-0.2, -0.15) is 0 Å². The molecule has 2 atom stereocenters. The molecule has 0 radical (unpaired) electrons. The third kappa shape index (κ3) is 4.44. The van der Waals surface area contributed by atoms with Crippen LogP contribution in [0.3, 0.4) is 0 Å². The van der Waals surface area contributed by atoms with Crippen LogP contribution >= 0.6 is 0 Å². The zero-order chi connectivity index (χ0) is 15.2. The Bertz CT molecular complexity index is 559. The summed E-state index contributed by atoms with van der Waals surface area (Å²) in [6.45, 7) is 8.89. The topological polar surface area (TPSA) is 12.0 Å². The summed E-state index contributed by atoms with van der Waals surface area (Å²) in [4.78, 5) is 0. The summed E-state index contributed by atoms with van der Waals surface area (Å²) in [5, 5.41) is 3.79. The average molecular weight is 281 g/mol. The van der Waals surface area contributed by atoms with Crippen molar-refractivity contribution in [1.82, 2.24) is 5.32 Å². The predicted octanol–water partition coefficient (Wildman–Crippen LogP) is 4.98. The minimum absolute atomic E-state index is 0.388. The lowest BCUT2D eigenvalue weighted by molar-refractivity contribution is 0.439. The van der Waals surface area contributed by atoms with Crippen molar-refractivity contribution in [3.8, 4) is 0 Å². The molecule has 2 aromatic carbocycles. The van der Waals surface area contributed by atoms with Crippen LogP contribution in [0.4, 0.5) is 0 Å². The second-order valence-electron chi connectivity index (χ2n) is 6.04. The highest BCUT2D eigenvalue weighted by Gasteiger charge is 2.14. The van der Waals surface area contributed by atoms with E-state index in [0.29, 0.717) is 12.1 Å². The van der Waals surface area contributed by atoms with E-state index >= 15 is 0 Å². The van der Waals surface area contributed by atoms with Crippen LogP contribution in [0.2, 0.25) is 0 Å². The Morgan fingerprint density at radius 3 is 2.33 bits per heavy atom. The minimum atomic E-state index is 0.388. The van der Waals surface area contributed by atoms with E-state index in [4.69, 9.17) is 0 Å². The number of nitrogens with one attached hydrogen (secondary N) is 1. The van der Waals surface area contributed by atoms with E-state index in [0.717, 1.165) is 12.8 Å².